The number of carbonyl (C=O) groups is 2. The van der Waals surface area contributed by atoms with Gasteiger partial charge in [0.1, 0.15) is 0 Å². The molecule has 3 aromatic rings. The second-order valence-electron chi connectivity index (χ2n) is 7.20. The number of nitrogens with zero attached hydrogens (tertiary/aromatic N) is 2. The molecule has 0 spiro atoms. The average Bonchev–Trinajstić information content (AvgIpc) is 3.28. The normalized spacial score (nSPS) is 13.9. The molecule has 0 aliphatic carbocycles. The minimum Gasteiger partial charge on any atom is -0.462 e. The van der Waals surface area contributed by atoms with E-state index < -0.39 is 0 Å². The number of esters is 1. The van der Waals surface area contributed by atoms with Crippen molar-refractivity contribution in [3.63, 3.8) is 0 Å². The van der Waals surface area contributed by atoms with Crippen LogP contribution in [-0.4, -0.2) is 39.5 Å². The van der Waals surface area contributed by atoms with E-state index >= 15 is 0 Å². The van der Waals surface area contributed by atoms with Gasteiger partial charge in [-0.2, -0.15) is 0 Å². The lowest BCUT2D eigenvalue weighted by Gasteiger charge is -2.15. The van der Waals surface area contributed by atoms with Crippen molar-refractivity contribution in [2.45, 2.75) is 32.4 Å². The van der Waals surface area contributed by atoms with E-state index in [4.69, 9.17) is 4.74 Å². The lowest BCUT2D eigenvalue weighted by molar-refractivity contribution is -0.128. The standard InChI is InChI=1S/C22H23N3O4/c26-20-7-3-12-24(20)15-16-8-10-17(11-9-16)21(27)29-14-4-13-25-19-6-2-1-5-18(19)23-22(25)28/h1-2,5-6,8-11H,3-4,7,12-15H2,(H,23,28). The average molecular weight is 393 g/mol. The third-order valence-corrected chi connectivity index (χ3v) is 5.18. The Bertz CT molecular complexity index is 1080. The molecule has 1 amide bonds. The van der Waals surface area contributed by atoms with Gasteiger partial charge in [0, 0.05) is 26.1 Å². The van der Waals surface area contributed by atoms with E-state index in [-0.39, 0.29) is 24.2 Å². The molecule has 0 bridgehead atoms. The van der Waals surface area contributed by atoms with Crippen molar-refractivity contribution in [3.05, 3.63) is 70.1 Å². The van der Waals surface area contributed by atoms with Crippen LogP contribution < -0.4 is 5.69 Å². The maximum atomic E-state index is 12.2. The van der Waals surface area contributed by atoms with Crippen LogP contribution in [0.1, 0.15) is 35.2 Å². The highest BCUT2D eigenvalue weighted by molar-refractivity contribution is 5.89. The molecule has 1 fully saturated rings. The minimum atomic E-state index is -0.389. The zero-order valence-corrected chi connectivity index (χ0v) is 16.1. The summed E-state index contributed by atoms with van der Waals surface area (Å²) in [7, 11) is 0. The van der Waals surface area contributed by atoms with Gasteiger partial charge in [0.2, 0.25) is 5.91 Å². The smallest absolute Gasteiger partial charge is 0.338 e. The third-order valence-electron chi connectivity index (χ3n) is 5.18. The number of hydrogen-bond acceptors (Lipinski definition) is 4. The van der Waals surface area contributed by atoms with Crippen LogP contribution >= 0.6 is 0 Å². The van der Waals surface area contributed by atoms with E-state index in [1.807, 2.05) is 41.3 Å². The fourth-order valence-corrected chi connectivity index (χ4v) is 3.64. The maximum Gasteiger partial charge on any atom is 0.338 e. The molecule has 150 valence electrons. The Kier molecular flexibility index (Phi) is 5.46. The molecule has 1 aliphatic heterocycles. The number of benzene rings is 2. The number of fused-ring (bicyclic) bond motifs is 1. The van der Waals surface area contributed by atoms with E-state index in [9.17, 15) is 14.4 Å². The molecular weight excluding hydrogens is 370 g/mol. The number of imidazole rings is 1. The first-order chi connectivity index (χ1) is 14.1. The number of likely N-dealkylation sites (tertiary alicyclic amines) is 1. The summed E-state index contributed by atoms with van der Waals surface area (Å²) in [6.07, 6.45) is 2.08. The molecule has 0 unspecified atom stereocenters. The Morgan fingerprint density at radius 2 is 1.86 bits per heavy atom. The number of nitrogens with one attached hydrogen (secondary N) is 1. The van der Waals surface area contributed by atoms with Crippen molar-refractivity contribution < 1.29 is 14.3 Å². The van der Waals surface area contributed by atoms with Crippen molar-refractivity contribution in [2.24, 2.45) is 0 Å². The summed E-state index contributed by atoms with van der Waals surface area (Å²) in [5, 5.41) is 0. The molecule has 2 aromatic carbocycles. The number of carbonyl (C=O) groups excluding carboxylic acids is 2. The van der Waals surface area contributed by atoms with Crippen LogP contribution in [0.3, 0.4) is 0 Å². The van der Waals surface area contributed by atoms with Gasteiger partial charge < -0.3 is 14.6 Å². The molecule has 0 atom stereocenters. The Balaban J connectivity index is 1.28. The molecule has 2 heterocycles. The quantitative estimate of drug-likeness (QED) is 0.494. The van der Waals surface area contributed by atoms with E-state index in [1.165, 1.54) is 0 Å². The van der Waals surface area contributed by atoms with Crippen molar-refractivity contribution in [1.29, 1.82) is 0 Å². The van der Waals surface area contributed by atoms with Crippen molar-refractivity contribution in [2.75, 3.05) is 13.2 Å². The largest absolute Gasteiger partial charge is 0.462 e. The van der Waals surface area contributed by atoms with Gasteiger partial charge in [-0.3, -0.25) is 9.36 Å². The Hall–Kier alpha value is -3.35. The number of aryl methyl sites for hydroxylation is 1. The number of hydrogen-bond donors (Lipinski definition) is 1. The number of H-pyrrole nitrogens is 1. The number of amides is 1. The summed E-state index contributed by atoms with van der Waals surface area (Å²) in [6.45, 7) is 2.07. The summed E-state index contributed by atoms with van der Waals surface area (Å²) >= 11 is 0. The highest BCUT2D eigenvalue weighted by Gasteiger charge is 2.20. The maximum absolute atomic E-state index is 12.2. The van der Waals surface area contributed by atoms with E-state index in [0.29, 0.717) is 31.5 Å². The summed E-state index contributed by atoms with van der Waals surface area (Å²) < 4.78 is 6.99. The van der Waals surface area contributed by atoms with Crippen molar-refractivity contribution in [3.8, 4) is 0 Å². The summed E-state index contributed by atoms with van der Waals surface area (Å²) in [5.41, 5.74) is 2.95. The summed E-state index contributed by atoms with van der Waals surface area (Å²) in [6, 6.07) is 14.7. The lowest BCUT2D eigenvalue weighted by atomic mass is 10.1. The van der Waals surface area contributed by atoms with Gasteiger partial charge in [-0.1, -0.05) is 24.3 Å². The monoisotopic (exact) mass is 393 g/mol. The zero-order chi connectivity index (χ0) is 20.2. The first-order valence-electron chi connectivity index (χ1n) is 9.83. The number of para-hydroxylation sites is 2. The predicted molar refractivity (Wildman–Crippen MR) is 109 cm³/mol. The molecule has 7 nitrogen and oxygen atoms in total. The van der Waals surface area contributed by atoms with Crippen LogP contribution in [0.5, 0.6) is 0 Å². The molecule has 0 radical (unpaired) electrons. The van der Waals surface area contributed by atoms with E-state index in [2.05, 4.69) is 4.98 Å². The van der Waals surface area contributed by atoms with Gasteiger partial charge in [-0.25, -0.2) is 9.59 Å². The second kappa shape index (κ2) is 8.34. The lowest BCUT2D eigenvalue weighted by Crippen LogP contribution is -2.23. The molecule has 1 aliphatic rings. The minimum absolute atomic E-state index is 0.162. The molecule has 1 aromatic heterocycles. The van der Waals surface area contributed by atoms with Crippen LogP contribution in [0, 0.1) is 0 Å². The fraction of sp³-hybridized carbons (Fsp3) is 0.318. The van der Waals surface area contributed by atoms with Gasteiger partial charge in [-0.15, -0.1) is 0 Å². The Morgan fingerprint density at radius 1 is 1.07 bits per heavy atom. The second-order valence-corrected chi connectivity index (χ2v) is 7.20. The Morgan fingerprint density at radius 3 is 2.62 bits per heavy atom. The Labute approximate surface area is 167 Å². The molecule has 4 rings (SSSR count). The van der Waals surface area contributed by atoms with Gasteiger partial charge >= 0.3 is 11.7 Å². The first-order valence-corrected chi connectivity index (χ1v) is 9.83. The van der Waals surface area contributed by atoms with Crippen molar-refractivity contribution >= 4 is 22.9 Å². The third kappa shape index (κ3) is 4.23. The van der Waals surface area contributed by atoms with Crippen LogP contribution in [-0.2, 0) is 22.6 Å². The topological polar surface area (TPSA) is 84.4 Å². The number of aromatic nitrogens is 2. The summed E-state index contributed by atoms with van der Waals surface area (Å²) in [4.78, 5) is 40.6. The molecule has 29 heavy (non-hydrogen) atoms. The van der Waals surface area contributed by atoms with Gasteiger partial charge in [0.25, 0.3) is 0 Å². The molecular formula is C22H23N3O4. The molecule has 1 saturated heterocycles. The van der Waals surface area contributed by atoms with Gasteiger partial charge in [0.15, 0.2) is 0 Å². The summed E-state index contributed by atoms with van der Waals surface area (Å²) in [5.74, 6) is -0.206. The van der Waals surface area contributed by atoms with Crippen molar-refractivity contribution in [1.82, 2.24) is 14.5 Å². The van der Waals surface area contributed by atoms with Crippen LogP contribution in [0.25, 0.3) is 11.0 Å². The predicted octanol–water partition coefficient (Wildman–Crippen LogP) is 2.70. The highest BCUT2D eigenvalue weighted by atomic mass is 16.5. The van der Waals surface area contributed by atoms with Gasteiger partial charge in [-0.05, 0) is 42.7 Å². The molecule has 0 saturated carbocycles. The number of ether oxygens (including phenoxy) is 1. The fourth-order valence-electron chi connectivity index (χ4n) is 3.64. The molecule has 1 N–H and O–H groups in total. The van der Waals surface area contributed by atoms with Crippen LogP contribution in [0.2, 0.25) is 0 Å². The van der Waals surface area contributed by atoms with E-state index in [0.717, 1.165) is 29.6 Å². The van der Waals surface area contributed by atoms with Gasteiger partial charge in [0.05, 0.1) is 23.2 Å². The number of rotatable bonds is 7. The molecule has 7 heteroatoms. The first kappa shape index (κ1) is 19.0. The van der Waals surface area contributed by atoms with E-state index in [1.54, 1.807) is 16.7 Å². The van der Waals surface area contributed by atoms with Crippen LogP contribution in [0.15, 0.2) is 53.3 Å². The zero-order valence-electron chi connectivity index (χ0n) is 16.1. The SMILES string of the molecule is O=C(OCCCn1c(=O)[nH]c2ccccc21)c1ccc(CN2CCCC2=O)cc1. The van der Waals surface area contributed by atoms with Crippen LogP contribution in [0.4, 0.5) is 0 Å². The number of aromatic amines is 1. The highest BCUT2D eigenvalue weighted by Crippen LogP contribution is 2.15.